The molecule has 1 N–H and O–H groups in total. The second-order valence-electron chi connectivity index (χ2n) is 5.19. The van der Waals surface area contributed by atoms with Crippen molar-refractivity contribution in [2.45, 2.75) is 25.8 Å². The van der Waals surface area contributed by atoms with Crippen LogP contribution in [-0.2, 0) is 0 Å². The van der Waals surface area contributed by atoms with E-state index in [1.54, 1.807) is 12.1 Å². The average Bonchev–Trinajstić information content (AvgIpc) is 2.38. The van der Waals surface area contributed by atoms with Gasteiger partial charge < -0.3 is 5.32 Å². The topological polar surface area (TPSA) is 15.3 Å². The van der Waals surface area contributed by atoms with Gasteiger partial charge in [0.05, 0.1) is 0 Å². The number of rotatable bonds is 4. The minimum Gasteiger partial charge on any atom is -0.317 e. The predicted octanol–water partition coefficient (Wildman–Crippen LogP) is 2.82. The Kier molecular flexibility index (Phi) is 4.72. The Morgan fingerprint density at radius 1 is 1.33 bits per heavy atom. The van der Waals surface area contributed by atoms with Crippen LogP contribution >= 0.6 is 0 Å². The van der Waals surface area contributed by atoms with Crippen LogP contribution < -0.4 is 5.32 Å². The van der Waals surface area contributed by atoms with Crippen molar-refractivity contribution in [2.24, 2.45) is 5.92 Å². The van der Waals surface area contributed by atoms with Gasteiger partial charge in [0.1, 0.15) is 5.82 Å². The summed E-state index contributed by atoms with van der Waals surface area (Å²) in [5, 5.41) is 3.45. The summed E-state index contributed by atoms with van der Waals surface area (Å²) in [5.41, 5.74) is 1.24. The van der Waals surface area contributed by atoms with Gasteiger partial charge in [0.25, 0.3) is 0 Å². The number of hydrogen-bond donors (Lipinski definition) is 1. The van der Waals surface area contributed by atoms with Crippen LogP contribution in [0.5, 0.6) is 0 Å². The first-order valence-electron chi connectivity index (χ1n) is 6.88. The molecule has 2 rings (SSSR count). The van der Waals surface area contributed by atoms with Crippen LogP contribution in [0.25, 0.3) is 0 Å². The Morgan fingerprint density at radius 3 is 2.72 bits per heavy atom. The maximum Gasteiger partial charge on any atom is 0.123 e. The highest BCUT2D eigenvalue weighted by Gasteiger charge is 2.29. The fourth-order valence-corrected chi connectivity index (χ4v) is 2.99. The van der Waals surface area contributed by atoms with E-state index < -0.39 is 0 Å². The van der Waals surface area contributed by atoms with Crippen LogP contribution in [0.2, 0.25) is 0 Å². The molecule has 1 fully saturated rings. The number of likely N-dealkylation sites (tertiary alicyclic amines) is 1. The Bertz CT molecular complexity index is 363. The van der Waals surface area contributed by atoms with E-state index in [2.05, 4.69) is 24.2 Å². The van der Waals surface area contributed by atoms with Gasteiger partial charge in [0.2, 0.25) is 0 Å². The van der Waals surface area contributed by atoms with Crippen LogP contribution in [0, 0.1) is 11.7 Å². The molecule has 0 amide bonds. The van der Waals surface area contributed by atoms with Crippen molar-refractivity contribution in [3.8, 4) is 0 Å². The summed E-state index contributed by atoms with van der Waals surface area (Å²) in [6.07, 6.45) is 2.50. The third kappa shape index (κ3) is 3.09. The number of piperidine rings is 1. The second kappa shape index (κ2) is 6.30. The lowest BCUT2D eigenvalue weighted by Crippen LogP contribution is -2.40. The molecule has 0 aromatic heterocycles. The zero-order chi connectivity index (χ0) is 13.0. The van der Waals surface area contributed by atoms with E-state index in [0.29, 0.717) is 12.0 Å². The third-order valence-electron chi connectivity index (χ3n) is 3.88. The zero-order valence-corrected chi connectivity index (χ0v) is 11.3. The molecule has 1 saturated heterocycles. The van der Waals surface area contributed by atoms with Crippen LogP contribution in [0.1, 0.15) is 31.4 Å². The van der Waals surface area contributed by atoms with Crippen molar-refractivity contribution in [3.05, 3.63) is 35.6 Å². The molecule has 0 aliphatic carbocycles. The van der Waals surface area contributed by atoms with Gasteiger partial charge in [-0.3, -0.25) is 4.90 Å². The van der Waals surface area contributed by atoms with Crippen molar-refractivity contribution in [1.29, 1.82) is 0 Å². The van der Waals surface area contributed by atoms with Crippen molar-refractivity contribution < 1.29 is 4.39 Å². The van der Waals surface area contributed by atoms with Crippen molar-refractivity contribution >= 4 is 0 Å². The lowest BCUT2D eigenvalue weighted by atomic mass is 9.85. The summed E-state index contributed by atoms with van der Waals surface area (Å²) >= 11 is 0. The summed E-state index contributed by atoms with van der Waals surface area (Å²) in [5.74, 6) is 0.467. The summed E-state index contributed by atoms with van der Waals surface area (Å²) in [6.45, 7) is 5.32. The zero-order valence-electron chi connectivity index (χ0n) is 11.3. The van der Waals surface area contributed by atoms with Gasteiger partial charge in [0.15, 0.2) is 0 Å². The monoisotopic (exact) mass is 250 g/mol. The van der Waals surface area contributed by atoms with Gasteiger partial charge in [-0.2, -0.15) is 0 Å². The first-order chi connectivity index (χ1) is 8.72. The molecule has 0 spiro atoms. The lowest BCUT2D eigenvalue weighted by molar-refractivity contribution is 0.120. The fraction of sp³-hybridized carbons (Fsp3) is 0.600. The predicted molar refractivity (Wildman–Crippen MR) is 73.0 cm³/mol. The van der Waals surface area contributed by atoms with Crippen LogP contribution in [0.3, 0.4) is 0 Å². The quantitative estimate of drug-likeness (QED) is 0.884. The maximum absolute atomic E-state index is 13.0. The summed E-state index contributed by atoms with van der Waals surface area (Å²) in [6, 6.07) is 7.42. The molecule has 0 saturated carbocycles. The lowest BCUT2D eigenvalue weighted by Gasteiger charge is -2.39. The van der Waals surface area contributed by atoms with Gasteiger partial charge in [0, 0.05) is 6.04 Å². The molecular formula is C15H23FN2. The van der Waals surface area contributed by atoms with Gasteiger partial charge >= 0.3 is 0 Å². The van der Waals surface area contributed by atoms with Crippen LogP contribution in [0.4, 0.5) is 4.39 Å². The van der Waals surface area contributed by atoms with E-state index in [4.69, 9.17) is 0 Å². The van der Waals surface area contributed by atoms with Gasteiger partial charge in [-0.25, -0.2) is 4.39 Å². The molecule has 0 radical (unpaired) electrons. The number of halogens is 1. The number of nitrogens with zero attached hydrogens (tertiary/aromatic N) is 1. The Morgan fingerprint density at radius 2 is 2.06 bits per heavy atom. The highest BCUT2D eigenvalue weighted by Crippen LogP contribution is 2.34. The largest absolute Gasteiger partial charge is 0.317 e. The van der Waals surface area contributed by atoms with Crippen molar-refractivity contribution in [2.75, 3.05) is 26.7 Å². The standard InChI is InChI=1S/C15H23FN2/c1-3-17-11-13-5-4-10-18(2)15(13)12-6-8-14(16)9-7-12/h6-9,13,15,17H,3-5,10-11H2,1-2H3. The second-order valence-corrected chi connectivity index (χ2v) is 5.19. The molecule has 1 aromatic rings. The normalized spacial score (nSPS) is 25.3. The Hall–Kier alpha value is -0.930. The van der Waals surface area contributed by atoms with E-state index in [0.717, 1.165) is 19.6 Å². The van der Waals surface area contributed by atoms with Gasteiger partial charge in [-0.15, -0.1) is 0 Å². The van der Waals surface area contributed by atoms with Gasteiger partial charge in [-0.05, 0) is 63.1 Å². The number of nitrogens with one attached hydrogen (secondary N) is 1. The van der Waals surface area contributed by atoms with E-state index in [9.17, 15) is 4.39 Å². The molecule has 100 valence electrons. The van der Waals surface area contributed by atoms with Crippen LogP contribution in [-0.4, -0.2) is 31.6 Å². The SMILES string of the molecule is CCNCC1CCCN(C)C1c1ccc(F)cc1. The molecule has 2 atom stereocenters. The summed E-state index contributed by atoms with van der Waals surface area (Å²) in [4.78, 5) is 2.40. The molecule has 1 aliphatic heterocycles. The average molecular weight is 250 g/mol. The first kappa shape index (κ1) is 13.5. The summed E-state index contributed by atoms with van der Waals surface area (Å²) < 4.78 is 13.0. The summed E-state index contributed by atoms with van der Waals surface area (Å²) in [7, 11) is 2.17. The maximum atomic E-state index is 13.0. The van der Waals surface area contributed by atoms with Gasteiger partial charge in [-0.1, -0.05) is 19.1 Å². The first-order valence-corrected chi connectivity index (χ1v) is 6.88. The van der Waals surface area contributed by atoms with Crippen molar-refractivity contribution in [1.82, 2.24) is 10.2 Å². The molecule has 2 unspecified atom stereocenters. The third-order valence-corrected chi connectivity index (χ3v) is 3.88. The Labute approximate surface area is 109 Å². The highest BCUT2D eigenvalue weighted by molar-refractivity contribution is 5.21. The minimum atomic E-state index is -0.152. The van der Waals surface area contributed by atoms with E-state index >= 15 is 0 Å². The smallest absolute Gasteiger partial charge is 0.123 e. The van der Waals surface area contributed by atoms with E-state index in [1.165, 1.54) is 18.4 Å². The molecule has 1 aromatic carbocycles. The molecule has 2 nitrogen and oxygen atoms in total. The fourth-order valence-electron chi connectivity index (χ4n) is 2.99. The van der Waals surface area contributed by atoms with Crippen molar-refractivity contribution in [3.63, 3.8) is 0 Å². The molecule has 18 heavy (non-hydrogen) atoms. The molecular weight excluding hydrogens is 227 g/mol. The molecule has 0 bridgehead atoms. The van der Waals surface area contributed by atoms with E-state index in [1.807, 2.05) is 12.1 Å². The number of benzene rings is 1. The Balaban J connectivity index is 2.15. The molecule has 3 heteroatoms. The highest BCUT2D eigenvalue weighted by atomic mass is 19.1. The molecule has 1 aliphatic rings. The van der Waals surface area contributed by atoms with E-state index in [-0.39, 0.29) is 5.82 Å². The number of hydrogen-bond acceptors (Lipinski definition) is 2. The molecule has 1 heterocycles. The minimum absolute atomic E-state index is 0.152. The van der Waals surface area contributed by atoms with Crippen LogP contribution in [0.15, 0.2) is 24.3 Å².